The minimum absolute atomic E-state index is 0.0131. The van der Waals surface area contributed by atoms with E-state index in [1.54, 1.807) is 6.07 Å². The fraction of sp³-hybridized carbons (Fsp3) is 0.267. The molecule has 1 N–H and O–H groups in total. The zero-order chi connectivity index (χ0) is 13.8. The van der Waals surface area contributed by atoms with E-state index in [9.17, 15) is 4.39 Å². The molecule has 0 aliphatic carbocycles. The SMILES string of the molecule is CCC(Nc1c(C)cccc1Cl)c1ccc(F)cn1. The van der Waals surface area contributed by atoms with E-state index in [0.29, 0.717) is 5.02 Å². The van der Waals surface area contributed by atoms with Gasteiger partial charge in [0.1, 0.15) is 5.82 Å². The standard InChI is InChI=1S/C15H16ClFN2/c1-3-13(14-8-7-11(17)9-18-14)19-15-10(2)5-4-6-12(15)16/h4-9,13,19H,3H2,1-2H3. The molecule has 1 aromatic carbocycles. The molecule has 0 aliphatic heterocycles. The van der Waals surface area contributed by atoms with Crippen LogP contribution in [0.3, 0.4) is 0 Å². The van der Waals surface area contributed by atoms with E-state index in [1.165, 1.54) is 12.3 Å². The fourth-order valence-electron chi connectivity index (χ4n) is 1.97. The van der Waals surface area contributed by atoms with Gasteiger partial charge in [0.15, 0.2) is 0 Å². The average Bonchev–Trinajstić information content (AvgIpc) is 2.40. The van der Waals surface area contributed by atoms with Crippen LogP contribution in [0.5, 0.6) is 0 Å². The quantitative estimate of drug-likeness (QED) is 0.873. The highest BCUT2D eigenvalue weighted by molar-refractivity contribution is 6.33. The Bertz CT molecular complexity index is 534. The summed E-state index contributed by atoms with van der Waals surface area (Å²) in [6, 6.07) is 8.90. The molecule has 0 bridgehead atoms. The average molecular weight is 279 g/mol. The summed E-state index contributed by atoms with van der Waals surface area (Å²) in [4.78, 5) is 4.12. The number of rotatable bonds is 4. The molecule has 1 unspecified atom stereocenters. The molecule has 0 radical (unpaired) electrons. The third-order valence-corrected chi connectivity index (χ3v) is 3.37. The maximum absolute atomic E-state index is 12.9. The second kappa shape index (κ2) is 6.02. The van der Waals surface area contributed by atoms with Crippen molar-refractivity contribution in [2.24, 2.45) is 0 Å². The van der Waals surface area contributed by atoms with E-state index < -0.39 is 0 Å². The molecule has 2 aromatic rings. The summed E-state index contributed by atoms with van der Waals surface area (Å²) in [6.45, 7) is 4.05. The Morgan fingerprint density at radius 2 is 2.11 bits per heavy atom. The lowest BCUT2D eigenvalue weighted by atomic mass is 10.1. The van der Waals surface area contributed by atoms with Crippen molar-refractivity contribution in [2.75, 3.05) is 5.32 Å². The molecule has 19 heavy (non-hydrogen) atoms. The van der Waals surface area contributed by atoms with E-state index in [2.05, 4.69) is 17.2 Å². The molecule has 0 saturated heterocycles. The molecule has 0 aliphatic rings. The van der Waals surface area contributed by atoms with Crippen LogP contribution >= 0.6 is 11.6 Å². The van der Waals surface area contributed by atoms with Crippen LogP contribution < -0.4 is 5.32 Å². The molecular weight excluding hydrogens is 263 g/mol. The molecule has 0 amide bonds. The number of hydrogen-bond acceptors (Lipinski definition) is 2. The van der Waals surface area contributed by atoms with Crippen LogP contribution in [0.2, 0.25) is 5.02 Å². The van der Waals surface area contributed by atoms with Gasteiger partial charge in [0.05, 0.1) is 28.6 Å². The molecule has 0 spiro atoms. The first kappa shape index (κ1) is 13.8. The maximum atomic E-state index is 12.9. The van der Waals surface area contributed by atoms with Gasteiger partial charge in [-0.15, -0.1) is 0 Å². The van der Waals surface area contributed by atoms with Gasteiger partial charge in [0, 0.05) is 0 Å². The Labute approximate surface area is 117 Å². The second-order valence-electron chi connectivity index (χ2n) is 4.44. The number of benzene rings is 1. The van der Waals surface area contributed by atoms with Crippen LogP contribution in [-0.2, 0) is 0 Å². The Kier molecular flexibility index (Phi) is 4.38. The summed E-state index contributed by atoms with van der Waals surface area (Å²) in [5, 5.41) is 4.07. The first-order chi connectivity index (χ1) is 9.11. The highest BCUT2D eigenvalue weighted by Gasteiger charge is 2.13. The van der Waals surface area contributed by atoms with Gasteiger partial charge in [-0.05, 0) is 37.1 Å². The zero-order valence-corrected chi connectivity index (χ0v) is 11.7. The lowest BCUT2D eigenvalue weighted by molar-refractivity contribution is 0.614. The number of nitrogens with zero attached hydrogens (tertiary/aromatic N) is 1. The number of pyridine rings is 1. The normalized spacial score (nSPS) is 12.2. The zero-order valence-electron chi connectivity index (χ0n) is 11.0. The number of nitrogens with one attached hydrogen (secondary N) is 1. The van der Waals surface area contributed by atoms with Gasteiger partial charge in [-0.1, -0.05) is 30.7 Å². The van der Waals surface area contributed by atoms with E-state index >= 15 is 0 Å². The Balaban J connectivity index is 2.26. The molecule has 0 saturated carbocycles. The van der Waals surface area contributed by atoms with Crippen LogP contribution in [0, 0.1) is 12.7 Å². The summed E-state index contributed by atoms with van der Waals surface area (Å²) in [6.07, 6.45) is 2.07. The molecule has 1 aromatic heterocycles. The first-order valence-corrected chi connectivity index (χ1v) is 6.62. The van der Waals surface area contributed by atoms with Gasteiger partial charge in [0.25, 0.3) is 0 Å². The third kappa shape index (κ3) is 3.24. The van der Waals surface area contributed by atoms with Crippen molar-refractivity contribution in [2.45, 2.75) is 26.3 Å². The van der Waals surface area contributed by atoms with Crippen molar-refractivity contribution >= 4 is 17.3 Å². The molecular formula is C15H16ClFN2. The lowest BCUT2D eigenvalue weighted by Crippen LogP contribution is -2.12. The third-order valence-electron chi connectivity index (χ3n) is 3.06. The second-order valence-corrected chi connectivity index (χ2v) is 4.85. The Morgan fingerprint density at radius 1 is 1.32 bits per heavy atom. The van der Waals surface area contributed by atoms with Gasteiger partial charge in [-0.2, -0.15) is 0 Å². The minimum Gasteiger partial charge on any atom is -0.375 e. The van der Waals surface area contributed by atoms with Gasteiger partial charge in [0.2, 0.25) is 0 Å². The van der Waals surface area contributed by atoms with Crippen LogP contribution in [0.4, 0.5) is 10.1 Å². The van der Waals surface area contributed by atoms with Gasteiger partial charge < -0.3 is 5.32 Å². The minimum atomic E-state index is -0.326. The van der Waals surface area contributed by atoms with Crippen molar-refractivity contribution in [1.29, 1.82) is 0 Å². The van der Waals surface area contributed by atoms with Gasteiger partial charge in [-0.3, -0.25) is 4.98 Å². The predicted octanol–water partition coefficient (Wildman–Crippen LogP) is 4.75. The smallest absolute Gasteiger partial charge is 0.141 e. The lowest BCUT2D eigenvalue weighted by Gasteiger charge is -2.20. The monoisotopic (exact) mass is 278 g/mol. The number of hydrogen-bond donors (Lipinski definition) is 1. The maximum Gasteiger partial charge on any atom is 0.141 e. The fourth-order valence-corrected chi connectivity index (χ4v) is 2.24. The molecule has 1 atom stereocenters. The molecule has 2 nitrogen and oxygen atoms in total. The van der Waals surface area contributed by atoms with Gasteiger partial charge in [-0.25, -0.2) is 4.39 Å². The number of aryl methyl sites for hydroxylation is 1. The van der Waals surface area contributed by atoms with Crippen molar-refractivity contribution in [1.82, 2.24) is 4.98 Å². The summed E-state index contributed by atoms with van der Waals surface area (Å²) in [5.74, 6) is -0.326. The Hall–Kier alpha value is -1.61. The van der Waals surface area contributed by atoms with E-state index in [-0.39, 0.29) is 11.9 Å². The largest absolute Gasteiger partial charge is 0.375 e. The summed E-state index contributed by atoms with van der Waals surface area (Å²) >= 11 is 6.20. The summed E-state index contributed by atoms with van der Waals surface area (Å²) in [5.41, 5.74) is 2.79. The van der Waals surface area contributed by atoms with Crippen LogP contribution in [-0.4, -0.2) is 4.98 Å². The number of aromatic nitrogens is 1. The van der Waals surface area contributed by atoms with Crippen molar-refractivity contribution in [3.05, 3.63) is 58.6 Å². The summed E-state index contributed by atoms with van der Waals surface area (Å²) in [7, 11) is 0. The molecule has 4 heteroatoms. The molecule has 100 valence electrons. The van der Waals surface area contributed by atoms with E-state index in [1.807, 2.05) is 25.1 Å². The summed E-state index contributed by atoms with van der Waals surface area (Å²) < 4.78 is 12.9. The molecule has 1 heterocycles. The first-order valence-electron chi connectivity index (χ1n) is 6.25. The predicted molar refractivity (Wildman–Crippen MR) is 77.0 cm³/mol. The van der Waals surface area contributed by atoms with Crippen molar-refractivity contribution in [3.63, 3.8) is 0 Å². The van der Waals surface area contributed by atoms with Crippen molar-refractivity contribution < 1.29 is 4.39 Å². The van der Waals surface area contributed by atoms with Crippen LogP contribution in [0.25, 0.3) is 0 Å². The number of halogens is 2. The number of anilines is 1. The number of para-hydroxylation sites is 1. The molecule has 2 rings (SSSR count). The highest BCUT2D eigenvalue weighted by atomic mass is 35.5. The van der Waals surface area contributed by atoms with E-state index in [0.717, 1.165) is 23.4 Å². The Morgan fingerprint density at radius 3 is 2.68 bits per heavy atom. The van der Waals surface area contributed by atoms with E-state index in [4.69, 9.17) is 11.6 Å². The molecule has 0 fully saturated rings. The topological polar surface area (TPSA) is 24.9 Å². The highest BCUT2D eigenvalue weighted by Crippen LogP contribution is 2.30. The van der Waals surface area contributed by atoms with Crippen molar-refractivity contribution in [3.8, 4) is 0 Å². The van der Waals surface area contributed by atoms with Crippen LogP contribution in [0.15, 0.2) is 36.5 Å². The van der Waals surface area contributed by atoms with Crippen LogP contribution in [0.1, 0.15) is 30.6 Å². The van der Waals surface area contributed by atoms with Gasteiger partial charge >= 0.3 is 0 Å².